The SMILES string of the molecule is Cc1c(Sc2ccc(Cl)cc2)cnn1C(=O)Nc1ccc(Cl)cc1. The van der Waals surface area contributed by atoms with Gasteiger partial charge in [0.05, 0.1) is 16.8 Å². The maximum absolute atomic E-state index is 12.4. The van der Waals surface area contributed by atoms with Crippen LogP contribution in [0.15, 0.2) is 64.5 Å². The van der Waals surface area contributed by atoms with Gasteiger partial charge in [-0.3, -0.25) is 0 Å². The maximum Gasteiger partial charge on any atom is 0.346 e. The number of amides is 1. The summed E-state index contributed by atoms with van der Waals surface area (Å²) in [6, 6.07) is 14.1. The number of hydrogen-bond donors (Lipinski definition) is 1. The molecule has 3 aromatic rings. The van der Waals surface area contributed by atoms with Gasteiger partial charge in [0.1, 0.15) is 0 Å². The highest BCUT2D eigenvalue weighted by molar-refractivity contribution is 7.99. The molecule has 3 rings (SSSR count). The van der Waals surface area contributed by atoms with Crippen molar-refractivity contribution in [2.24, 2.45) is 0 Å². The van der Waals surface area contributed by atoms with Gasteiger partial charge in [-0.1, -0.05) is 35.0 Å². The highest BCUT2D eigenvalue weighted by atomic mass is 35.5. The number of hydrogen-bond acceptors (Lipinski definition) is 3. The van der Waals surface area contributed by atoms with Gasteiger partial charge in [-0.2, -0.15) is 9.78 Å². The summed E-state index contributed by atoms with van der Waals surface area (Å²) in [5, 5.41) is 8.27. The predicted octanol–water partition coefficient (Wildman–Crippen LogP) is 5.73. The Morgan fingerprint density at radius 3 is 2.25 bits per heavy atom. The lowest BCUT2D eigenvalue weighted by molar-refractivity contribution is 0.250. The van der Waals surface area contributed by atoms with Crippen LogP contribution in [-0.2, 0) is 0 Å². The van der Waals surface area contributed by atoms with Gasteiger partial charge in [0.25, 0.3) is 0 Å². The van der Waals surface area contributed by atoms with Crippen molar-refractivity contribution in [3.05, 3.63) is 70.5 Å². The molecule has 0 aliphatic carbocycles. The molecule has 0 fully saturated rings. The second-order valence-corrected chi connectivity index (χ2v) is 6.99. The topological polar surface area (TPSA) is 46.9 Å². The molecule has 0 aliphatic heterocycles. The Hall–Kier alpha value is -1.95. The van der Waals surface area contributed by atoms with Crippen LogP contribution in [0.3, 0.4) is 0 Å². The molecular formula is C17H13Cl2N3OS. The summed E-state index contributed by atoms with van der Waals surface area (Å²) in [5.41, 5.74) is 1.42. The predicted molar refractivity (Wildman–Crippen MR) is 98.4 cm³/mol. The van der Waals surface area contributed by atoms with Crippen LogP contribution in [0, 0.1) is 6.92 Å². The summed E-state index contributed by atoms with van der Waals surface area (Å²) in [6.45, 7) is 1.85. The highest BCUT2D eigenvalue weighted by Crippen LogP contribution is 2.30. The number of benzene rings is 2. The van der Waals surface area contributed by atoms with E-state index in [1.807, 2.05) is 31.2 Å². The minimum Gasteiger partial charge on any atom is -0.306 e. The Morgan fingerprint density at radius 2 is 1.62 bits per heavy atom. The number of anilines is 1. The molecule has 2 aromatic carbocycles. The zero-order valence-electron chi connectivity index (χ0n) is 12.7. The van der Waals surface area contributed by atoms with E-state index in [1.165, 1.54) is 16.4 Å². The van der Waals surface area contributed by atoms with Crippen molar-refractivity contribution in [3.63, 3.8) is 0 Å². The van der Waals surface area contributed by atoms with E-state index in [1.54, 1.807) is 30.5 Å². The Labute approximate surface area is 153 Å². The quantitative estimate of drug-likeness (QED) is 0.633. The van der Waals surface area contributed by atoms with Gasteiger partial charge in [-0.25, -0.2) is 4.79 Å². The monoisotopic (exact) mass is 377 g/mol. The molecule has 0 atom stereocenters. The molecule has 122 valence electrons. The van der Waals surface area contributed by atoms with E-state index in [-0.39, 0.29) is 6.03 Å². The molecular weight excluding hydrogens is 365 g/mol. The van der Waals surface area contributed by atoms with E-state index in [9.17, 15) is 4.79 Å². The molecule has 1 N–H and O–H groups in total. The summed E-state index contributed by atoms with van der Waals surface area (Å²) in [5.74, 6) is 0. The van der Waals surface area contributed by atoms with Gasteiger partial charge in [-0.05, 0) is 55.5 Å². The first-order valence-corrected chi connectivity index (χ1v) is 8.65. The van der Waals surface area contributed by atoms with Crippen molar-refractivity contribution in [1.82, 2.24) is 9.78 Å². The molecule has 1 aromatic heterocycles. The first-order valence-electron chi connectivity index (χ1n) is 7.08. The molecule has 0 aliphatic rings. The smallest absolute Gasteiger partial charge is 0.306 e. The van der Waals surface area contributed by atoms with Crippen molar-refractivity contribution in [2.75, 3.05) is 5.32 Å². The molecule has 0 saturated carbocycles. The molecule has 0 saturated heterocycles. The second kappa shape index (κ2) is 7.30. The molecule has 7 heteroatoms. The van der Waals surface area contributed by atoms with Crippen molar-refractivity contribution < 1.29 is 4.79 Å². The summed E-state index contributed by atoms with van der Waals surface area (Å²) in [4.78, 5) is 14.3. The second-order valence-electron chi connectivity index (χ2n) is 5.00. The number of nitrogens with one attached hydrogen (secondary N) is 1. The van der Waals surface area contributed by atoms with Crippen molar-refractivity contribution in [3.8, 4) is 0 Å². The first kappa shape index (κ1) is 16.9. The Kier molecular flexibility index (Phi) is 5.14. The van der Waals surface area contributed by atoms with Gasteiger partial charge in [0, 0.05) is 20.6 Å². The number of carbonyl (C=O) groups is 1. The Morgan fingerprint density at radius 1 is 1.04 bits per heavy atom. The fraction of sp³-hybridized carbons (Fsp3) is 0.0588. The number of halogens is 2. The molecule has 0 spiro atoms. The van der Waals surface area contributed by atoms with Crippen LogP contribution in [0.1, 0.15) is 5.69 Å². The van der Waals surface area contributed by atoms with Crippen molar-refractivity contribution >= 4 is 46.7 Å². The highest BCUT2D eigenvalue weighted by Gasteiger charge is 2.14. The largest absolute Gasteiger partial charge is 0.346 e. The van der Waals surface area contributed by atoms with Gasteiger partial charge in [0.15, 0.2) is 0 Å². The maximum atomic E-state index is 12.4. The standard InChI is InChI=1S/C17H13Cl2N3OS/c1-11-16(24-15-8-4-13(19)5-9-15)10-20-22(11)17(23)21-14-6-2-12(18)3-7-14/h2-10H,1H3,(H,21,23). The Balaban J connectivity index is 1.75. The molecule has 0 bridgehead atoms. The first-order chi connectivity index (χ1) is 11.5. The molecule has 1 amide bonds. The van der Waals surface area contributed by atoms with E-state index in [2.05, 4.69) is 10.4 Å². The summed E-state index contributed by atoms with van der Waals surface area (Å²) >= 11 is 13.3. The van der Waals surface area contributed by atoms with E-state index < -0.39 is 0 Å². The fourth-order valence-electron chi connectivity index (χ4n) is 2.04. The number of aromatic nitrogens is 2. The van der Waals surface area contributed by atoms with Crippen LogP contribution in [0.4, 0.5) is 10.5 Å². The third kappa shape index (κ3) is 3.93. The van der Waals surface area contributed by atoms with E-state index in [4.69, 9.17) is 23.2 Å². The van der Waals surface area contributed by atoms with Gasteiger partial charge in [-0.15, -0.1) is 0 Å². The zero-order valence-corrected chi connectivity index (χ0v) is 15.0. The summed E-state index contributed by atoms with van der Waals surface area (Å²) in [6.07, 6.45) is 1.68. The normalized spacial score (nSPS) is 10.6. The zero-order chi connectivity index (χ0) is 17.1. The molecule has 1 heterocycles. The lowest BCUT2D eigenvalue weighted by Crippen LogP contribution is -2.21. The molecule has 4 nitrogen and oxygen atoms in total. The number of nitrogens with zero attached hydrogens (tertiary/aromatic N) is 2. The Bertz CT molecular complexity index is 861. The number of carbonyl (C=O) groups excluding carboxylic acids is 1. The van der Waals surface area contributed by atoms with Crippen LogP contribution in [0.25, 0.3) is 0 Å². The van der Waals surface area contributed by atoms with E-state index in [0.717, 1.165) is 15.5 Å². The van der Waals surface area contributed by atoms with Crippen molar-refractivity contribution in [2.45, 2.75) is 16.7 Å². The third-order valence-electron chi connectivity index (χ3n) is 3.29. The molecule has 0 radical (unpaired) electrons. The molecule has 0 unspecified atom stereocenters. The van der Waals surface area contributed by atoms with Gasteiger partial charge in [0.2, 0.25) is 0 Å². The number of rotatable bonds is 3. The average molecular weight is 378 g/mol. The van der Waals surface area contributed by atoms with E-state index >= 15 is 0 Å². The third-order valence-corrected chi connectivity index (χ3v) is 4.93. The minimum absolute atomic E-state index is 0.322. The lowest BCUT2D eigenvalue weighted by Gasteiger charge is -2.07. The molecule has 24 heavy (non-hydrogen) atoms. The fourth-order valence-corrected chi connectivity index (χ4v) is 3.15. The summed E-state index contributed by atoms with van der Waals surface area (Å²) in [7, 11) is 0. The van der Waals surface area contributed by atoms with Gasteiger partial charge < -0.3 is 5.32 Å². The van der Waals surface area contributed by atoms with Crippen LogP contribution in [0.2, 0.25) is 10.0 Å². The van der Waals surface area contributed by atoms with Crippen LogP contribution < -0.4 is 5.32 Å². The van der Waals surface area contributed by atoms with Gasteiger partial charge >= 0.3 is 6.03 Å². The average Bonchev–Trinajstić information content (AvgIpc) is 2.93. The van der Waals surface area contributed by atoms with Crippen molar-refractivity contribution in [1.29, 1.82) is 0 Å². The van der Waals surface area contributed by atoms with E-state index in [0.29, 0.717) is 15.7 Å². The van der Waals surface area contributed by atoms with Crippen LogP contribution in [0.5, 0.6) is 0 Å². The summed E-state index contributed by atoms with van der Waals surface area (Å²) < 4.78 is 1.34. The van der Waals surface area contributed by atoms with Crippen LogP contribution in [-0.4, -0.2) is 15.8 Å². The minimum atomic E-state index is -0.322. The lowest BCUT2D eigenvalue weighted by atomic mass is 10.3. The van der Waals surface area contributed by atoms with Crippen LogP contribution >= 0.6 is 35.0 Å².